The molecule has 2 amide bonds. The first kappa shape index (κ1) is 19.0. The van der Waals surface area contributed by atoms with Gasteiger partial charge in [0.1, 0.15) is 10.6 Å². The minimum Gasteiger partial charge on any atom is -0.448 e. The summed E-state index contributed by atoms with van der Waals surface area (Å²) in [6, 6.07) is 16.9. The van der Waals surface area contributed by atoms with Gasteiger partial charge in [-0.1, -0.05) is 62.9 Å². The topological polar surface area (TPSA) is 93.2 Å². The summed E-state index contributed by atoms with van der Waals surface area (Å²) in [6.45, 7) is 0.195. The minimum absolute atomic E-state index is 0.195. The predicted molar refractivity (Wildman–Crippen MR) is 105 cm³/mol. The largest absolute Gasteiger partial charge is 0.448 e. The maximum Gasteiger partial charge on any atom is 0.426 e. The van der Waals surface area contributed by atoms with Gasteiger partial charge in [-0.3, -0.25) is 10.2 Å². The third kappa shape index (κ3) is 5.35. The van der Waals surface area contributed by atoms with Crippen LogP contribution in [0.4, 0.5) is 4.79 Å². The summed E-state index contributed by atoms with van der Waals surface area (Å²) in [6.07, 6.45) is -0.162. The number of aromatic nitrogens is 2. The molecule has 0 saturated carbocycles. The predicted octanol–water partition coefficient (Wildman–Crippen LogP) is 3.58. The second-order valence-electron chi connectivity index (χ2n) is 5.41. The quantitative estimate of drug-likeness (QED) is 0.584. The molecule has 0 aliphatic heterocycles. The number of hydrogen-bond acceptors (Lipinski definition) is 6. The van der Waals surface area contributed by atoms with Crippen molar-refractivity contribution in [3.05, 3.63) is 69.5 Å². The van der Waals surface area contributed by atoms with Crippen LogP contribution < -0.4 is 10.9 Å². The van der Waals surface area contributed by atoms with E-state index in [0.29, 0.717) is 17.0 Å². The molecule has 0 spiro atoms. The second kappa shape index (κ2) is 9.24. The number of nitrogens with one attached hydrogen (secondary N) is 2. The number of amides is 2. The first-order chi connectivity index (χ1) is 13.1. The Morgan fingerprint density at radius 2 is 1.78 bits per heavy atom. The van der Waals surface area contributed by atoms with E-state index in [4.69, 9.17) is 4.74 Å². The van der Waals surface area contributed by atoms with E-state index in [9.17, 15) is 9.59 Å². The van der Waals surface area contributed by atoms with Crippen molar-refractivity contribution in [3.8, 4) is 11.3 Å². The molecule has 2 N–H and O–H groups in total. The number of rotatable bonds is 5. The zero-order chi connectivity index (χ0) is 19.1. The lowest BCUT2D eigenvalue weighted by atomic mass is 10.1. The molecule has 1 heterocycles. The molecular weight excluding hydrogens is 432 g/mol. The van der Waals surface area contributed by atoms with Crippen molar-refractivity contribution >= 4 is 39.5 Å². The Morgan fingerprint density at radius 1 is 1.04 bits per heavy atom. The fourth-order valence-corrected chi connectivity index (χ4v) is 3.09. The minimum atomic E-state index is -0.737. The number of carbonyl (C=O) groups excluding carboxylic acids is 2. The van der Waals surface area contributed by atoms with Crippen LogP contribution in [0.5, 0.6) is 0 Å². The number of hydrazine groups is 1. The standard InChI is InChI=1S/C18H15BrN4O3S/c19-14-8-6-12(7-9-14)10-11-26-18(25)22-21-17(24)16-15(20-23-27-16)13-4-2-1-3-5-13/h1-9H,10-11H2,(H,21,24)(H,22,25). The summed E-state index contributed by atoms with van der Waals surface area (Å²) in [5, 5.41) is 3.98. The first-order valence-electron chi connectivity index (χ1n) is 7.99. The van der Waals surface area contributed by atoms with Crippen molar-refractivity contribution in [3.63, 3.8) is 0 Å². The van der Waals surface area contributed by atoms with Crippen molar-refractivity contribution in [2.75, 3.05) is 6.61 Å². The Balaban J connectivity index is 1.47. The second-order valence-corrected chi connectivity index (χ2v) is 7.08. The summed E-state index contributed by atoms with van der Waals surface area (Å²) in [5.41, 5.74) is 6.81. The fourth-order valence-electron chi connectivity index (χ4n) is 2.24. The van der Waals surface area contributed by atoms with Crippen LogP contribution in [-0.4, -0.2) is 28.2 Å². The molecule has 0 aliphatic carbocycles. The van der Waals surface area contributed by atoms with Crippen molar-refractivity contribution in [1.29, 1.82) is 0 Å². The van der Waals surface area contributed by atoms with Crippen LogP contribution in [0, 0.1) is 0 Å². The average Bonchev–Trinajstić information content (AvgIpc) is 3.18. The summed E-state index contributed by atoms with van der Waals surface area (Å²) < 4.78 is 9.86. The van der Waals surface area contributed by atoms with Gasteiger partial charge in [-0.15, -0.1) is 5.10 Å². The van der Waals surface area contributed by atoms with Gasteiger partial charge in [-0.25, -0.2) is 10.2 Å². The van der Waals surface area contributed by atoms with Crippen LogP contribution >= 0.6 is 27.5 Å². The molecule has 9 heteroatoms. The van der Waals surface area contributed by atoms with Gasteiger partial charge in [0, 0.05) is 16.5 Å². The molecule has 138 valence electrons. The van der Waals surface area contributed by atoms with Crippen LogP contribution in [0.3, 0.4) is 0 Å². The molecule has 0 unspecified atom stereocenters. The Morgan fingerprint density at radius 3 is 2.52 bits per heavy atom. The number of nitrogens with zero attached hydrogens (tertiary/aromatic N) is 2. The van der Waals surface area contributed by atoms with Crippen molar-refractivity contribution in [2.45, 2.75) is 6.42 Å². The van der Waals surface area contributed by atoms with Gasteiger partial charge in [0.05, 0.1) is 6.61 Å². The molecule has 27 heavy (non-hydrogen) atoms. The van der Waals surface area contributed by atoms with Gasteiger partial charge in [-0.2, -0.15) is 0 Å². The normalized spacial score (nSPS) is 10.3. The van der Waals surface area contributed by atoms with E-state index in [0.717, 1.165) is 27.1 Å². The van der Waals surface area contributed by atoms with Crippen LogP contribution in [0.2, 0.25) is 0 Å². The molecule has 0 radical (unpaired) electrons. The SMILES string of the molecule is O=C(NNC(=O)c1snnc1-c1ccccc1)OCCc1ccc(Br)cc1. The fraction of sp³-hybridized carbons (Fsp3) is 0.111. The Kier molecular flexibility index (Phi) is 6.50. The summed E-state index contributed by atoms with van der Waals surface area (Å²) in [5.74, 6) is -0.506. The van der Waals surface area contributed by atoms with E-state index in [2.05, 4.69) is 36.4 Å². The van der Waals surface area contributed by atoms with Gasteiger partial charge in [0.2, 0.25) is 0 Å². The molecule has 0 bridgehead atoms. The van der Waals surface area contributed by atoms with Crippen LogP contribution in [0.25, 0.3) is 11.3 Å². The Hall–Kier alpha value is -2.78. The van der Waals surface area contributed by atoms with E-state index < -0.39 is 12.0 Å². The lowest BCUT2D eigenvalue weighted by molar-refractivity contribution is 0.0914. The van der Waals surface area contributed by atoms with Crippen molar-refractivity contribution in [1.82, 2.24) is 20.4 Å². The maximum atomic E-state index is 12.3. The number of benzene rings is 2. The Bertz CT molecular complexity index is 916. The van der Waals surface area contributed by atoms with E-state index in [1.165, 1.54) is 0 Å². The Labute approximate surface area is 168 Å². The van der Waals surface area contributed by atoms with Gasteiger partial charge >= 0.3 is 6.09 Å². The van der Waals surface area contributed by atoms with E-state index >= 15 is 0 Å². The van der Waals surface area contributed by atoms with E-state index in [-0.39, 0.29) is 6.61 Å². The van der Waals surface area contributed by atoms with Gasteiger partial charge in [0.15, 0.2) is 0 Å². The number of ether oxygens (including phenoxy) is 1. The first-order valence-corrected chi connectivity index (χ1v) is 9.55. The highest BCUT2D eigenvalue weighted by Gasteiger charge is 2.18. The molecule has 1 aromatic heterocycles. The molecule has 0 fully saturated rings. The monoisotopic (exact) mass is 446 g/mol. The zero-order valence-corrected chi connectivity index (χ0v) is 16.4. The van der Waals surface area contributed by atoms with Crippen LogP contribution in [-0.2, 0) is 11.2 Å². The number of carbonyl (C=O) groups is 2. The van der Waals surface area contributed by atoms with Crippen molar-refractivity contribution < 1.29 is 14.3 Å². The number of halogens is 1. The summed E-state index contributed by atoms with van der Waals surface area (Å²) >= 11 is 4.31. The smallest absolute Gasteiger partial charge is 0.426 e. The molecule has 0 atom stereocenters. The summed E-state index contributed by atoms with van der Waals surface area (Å²) in [4.78, 5) is 24.3. The molecule has 3 rings (SSSR count). The highest BCUT2D eigenvalue weighted by Crippen LogP contribution is 2.23. The van der Waals surface area contributed by atoms with Gasteiger partial charge < -0.3 is 4.74 Å². The van der Waals surface area contributed by atoms with Crippen molar-refractivity contribution in [2.24, 2.45) is 0 Å². The maximum absolute atomic E-state index is 12.3. The van der Waals surface area contributed by atoms with Crippen LogP contribution in [0.1, 0.15) is 15.2 Å². The third-order valence-electron chi connectivity index (χ3n) is 3.56. The molecule has 0 saturated heterocycles. The molecule has 7 nitrogen and oxygen atoms in total. The van der Waals surface area contributed by atoms with Gasteiger partial charge in [0.25, 0.3) is 5.91 Å². The summed E-state index contributed by atoms with van der Waals surface area (Å²) in [7, 11) is 0. The lowest BCUT2D eigenvalue weighted by Gasteiger charge is -2.08. The molecular formula is C18H15BrN4O3S. The van der Waals surface area contributed by atoms with Crippen LogP contribution in [0.15, 0.2) is 59.1 Å². The number of hydrogen-bond donors (Lipinski definition) is 2. The molecule has 3 aromatic rings. The van der Waals surface area contributed by atoms with Gasteiger partial charge in [-0.05, 0) is 29.2 Å². The van der Waals surface area contributed by atoms with E-state index in [1.54, 1.807) is 0 Å². The highest BCUT2D eigenvalue weighted by atomic mass is 79.9. The molecule has 0 aliphatic rings. The third-order valence-corrected chi connectivity index (χ3v) is 4.81. The average molecular weight is 447 g/mol. The molecule has 2 aromatic carbocycles. The zero-order valence-electron chi connectivity index (χ0n) is 14.0. The highest BCUT2D eigenvalue weighted by molar-refractivity contribution is 9.10. The lowest BCUT2D eigenvalue weighted by Crippen LogP contribution is -2.42. The van der Waals surface area contributed by atoms with E-state index in [1.807, 2.05) is 54.6 Å².